The van der Waals surface area contributed by atoms with Gasteiger partial charge < -0.3 is 19.7 Å². The zero-order valence-electron chi connectivity index (χ0n) is 8.18. The van der Waals surface area contributed by atoms with Gasteiger partial charge in [0.2, 0.25) is 0 Å². The van der Waals surface area contributed by atoms with Gasteiger partial charge in [0.1, 0.15) is 13.2 Å². The van der Waals surface area contributed by atoms with Crippen LogP contribution in [0.5, 0.6) is 0 Å². The highest BCUT2D eigenvalue weighted by molar-refractivity contribution is 7.99. The second-order valence-corrected chi connectivity index (χ2v) is 3.73. The molecule has 0 saturated heterocycles. The fraction of sp³-hybridized carbons (Fsp3) is 0.750. The summed E-state index contributed by atoms with van der Waals surface area (Å²) in [5.41, 5.74) is 0. The van der Waals surface area contributed by atoms with Crippen molar-refractivity contribution in [3.63, 3.8) is 0 Å². The molecule has 0 aliphatic heterocycles. The van der Waals surface area contributed by atoms with Crippen LogP contribution >= 0.6 is 11.8 Å². The van der Waals surface area contributed by atoms with Crippen LogP contribution in [-0.4, -0.2) is 60.1 Å². The van der Waals surface area contributed by atoms with Gasteiger partial charge in [-0.25, -0.2) is 9.59 Å². The summed E-state index contributed by atoms with van der Waals surface area (Å²) in [6.45, 7) is 0.179. The molecule has 7 heteroatoms. The number of aliphatic carboxylic acids is 2. The van der Waals surface area contributed by atoms with E-state index in [1.54, 1.807) is 0 Å². The van der Waals surface area contributed by atoms with Crippen molar-refractivity contribution >= 4 is 23.7 Å². The van der Waals surface area contributed by atoms with Crippen molar-refractivity contribution in [3.05, 3.63) is 0 Å². The van der Waals surface area contributed by atoms with Gasteiger partial charge in [0.15, 0.2) is 0 Å². The first-order valence-electron chi connectivity index (χ1n) is 4.29. The average molecular weight is 238 g/mol. The van der Waals surface area contributed by atoms with Crippen LogP contribution in [-0.2, 0) is 19.1 Å². The molecular weight excluding hydrogens is 224 g/mol. The summed E-state index contributed by atoms with van der Waals surface area (Å²) in [6.07, 6.45) is 0. The van der Waals surface area contributed by atoms with Crippen LogP contribution < -0.4 is 0 Å². The van der Waals surface area contributed by atoms with Gasteiger partial charge in [-0.3, -0.25) is 0 Å². The standard InChI is InChI=1S/C8H14O6S/c9-7(10)5-13-1-3-15-4-2-14-6-8(11)12/h1-6H2,(H,9,10)(H,11,12). The minimum Gasteiger partial charge on any atom is -0.480 e. The first-order chi connectivity index (χ1) is 7.13. The summed E-state index contributed by atoms with van der Waals surface area (Å²) in [4.78, 5) is 20.1. The number of carbonyl (C=O) groups is 2. The van der Waals surface area contributed by atoms with E-state index in [0.717, 1.165) is 0 Å². The minimum atomic E-state index is -0.982. The maximum atomic E-state index is 10.0. The van der Waals surface area contributed by atoms with Crippen LogP contribution in [0, 0.1) is 0 Å². The molecule has 0 radical (unpaired) electrons. The van der Waals surface area contributed by atoms with Gasteiger partial charge in [-0.05, 0) is 0 Å². The summed E-state index contributed by atoms with van der Waals surface area (Å²) in [5.74, 6) is -0.623. The van der Waals surface area contributed by atoms with Gasteiger partial charge in [-0.15, -0.1) is 0 Å². The number of thioether (sulfide) groups is 1. The first-order valence-corrected chi connectivity index (χ1v) is 5.45. The molecule has 15 heavy (non-hydrogen) atoms. The molecule has 0 unspecified atom stereocenters. The van der Waals surface area contributed by atoms with Gasteiger partial charge in [0.25, 0.3) is 0 Å². The van der Waals surface area contributed by atoms with Crippen LogP contribution in [0.1, 0.15) is 0 Å². The normalized spacial score (nSPS) is 10.1. The first kappa shape index (κ1) is 14.2. The molecule has 88 valence electrons. The quantitative estimate of drug-likeness (QED) is 0.514. The van der Waals surface area contributed by atoms with Crippen LogP contribution in [0.25, 0.3) is 0 Å². The van der Waals surface area contributed by atoms with E-state index in [9.17, 15) is 9.59 Å². The molecule has 0 rings (SSSR count). The fourth-order valence-electron chi connectivity index (χ4n) is 0.657. The minimum absolute atomic E-state index is 0.282. The number of ether oxygens (including phenoxy) is 2. The van der Waals surface area contributed by atoms with Gasteiger partial charge in [-0.1, -0.05) is 0 Å². The third kappa shape index (κ3) is 13.2. The summed E-state index contributed by atoms with van der Waals surface area (Å²) < 4.78 is 9.57. The second kappa shape index (κ2) is 9.75. The van der Waals surface area contributed by atoms with E-state index in [4.69, 9.17) is 19.7 Å². The maximum Gasteiger partial charge on any atom is 0.329 e. The van der Waals surface area contributed by atoms with E-state index >= 15 is 0 Å². The Labute approximate surface area is 91.6 Å². The molecule has 0 aliphatic carbocycles. The van der Waals surface area contributed by atoms with E-state index in [2.05, 4.69) is 0 Å². The molecular formula is C8H14O6S. The van der Waals surface area contributed by atoms with E-state index in [1.807, 2.05) is 0 Å². The lowest BCUT2D eigenvalue weighted by Gasteiger charge is -2.02. The van der Waals surface area contributed by atoms with Gasteiger partial charge >= 0.3 is 11.9 Å². The highest BCUT2D eigenvalue weighted by atomic mass is 32.2. The van der Waals surface area contributed by atoms with Crippen molar-refractivity contribution in [2.45, 2.75) is 0 Å². The summed E-state index contributed by atoms with van der Waals surface area (Å²) in [5, 5.41) is 16.5. The van der Waals surface area contributed by atoms with Gasteiger partial charge in [-0.2, -0.15) is 11.8 Å². The molecule has 0 heterocycles. The van der Waals surface area contributed by atoms with Crippen LogP contribution in [0.3, 0.4) is 0 Å². The van der Waals surface area contributed by atoms with Crippen LogP contribution in [0.2, 0.25) is 0 Å². The van der Waals surface area contributed by atoms with Crippen molar-refractivity contribution in [1.29, 1.82) is 0 Å². The highest BCUT2D eigenvalue weighted by Crippen LogP contribution is 1.99. The largest absolute Gasteiger partial charge is 0.480 e. The zero-order valence-corrected chi connectivity index (χ0v) is 8.99. The predicted octanol–water partition coefficient (Wildman–Crippen LogP) is -0.0780. The molecule has 0 atom stereocenters. The molecule has 0 aromatic carbocycles. The molecule has 6 nitrogen and oxygen atoms in total. The SMILES string of the molecule is O=C(O)COCCSCCOCC(=O)O. The number of hydrogen-bond donors (Lipinski definition) is 2. The second-order valence-electron chi connectivity index (χ2n) is 2.51. The Morgan fingerprint density at radius 2 is 1.33 bits per heavy atom. The molecule has 0 bridgehead atoms. The third-order valence-corrected chi connectivity index (χ3v) is 2.11. The van der Waals surface area contributed by atoms with E-state index in [0.29, 0.717) is 24.7 Å². The monoisotopic (exact) mass is 238 g/mol. The lowest BCUT2D eigenvalue weighted by atomic mass is 10.7. The molecule has 2 N–H and O–H groups in total. The smallest absolute Gasteiger partial charge is 0.329 e. The van der Waals surface area contributed by atoms with E-state index in [-0.39, 0.29) is 13.2 Å². The van der Waals surface area contributed by atoms with Crippen LogP contribution in [0.4, 0.5) is 0 Å². The fourth-order valence-corrected chi connectivity index (χ4v) is 1.33. The summed E-state index contributed by atoms with van der Waals surface area (Å²) in [7, 11) is 0. The Kier molecular flexibility index (Phi) is 9.24. The van der Waals surface area contributed by atoms with Crippen molar-refractivity contribution < 1.29 is 29.3 Å². The maximum absolute atomic E-state index is 10.0. The van der Waals surface area contributed by atoms with E-state index < -0.39 is 11.9 Å². The van der Waals surface area contributed by atoms with Crippen molar-refractivity contribution in [2.24, 2.45) is 0 Å². The summed E-state index contributed by atoms with van der Waals surface area (Å²) >= 11 is 1.52. The Balaban J connectivity index is 2.99. The number of carboxylic acid groups (broad SMARTS) is 2. The predicted molar refractivity (Wildman–Crippen MR) is 54.2 cm³/mol. The molecule has 0 aromatic rings. The van der Waals surface area contributed by atoms with E-state index in [1.165, 1.54) is 11.8 Å². The molecule has 0 amide bonds. The average Bonchev–Trinajstić information content (AvgIpc) is 2.14. The van der Waals surface area contributed by atoms with Crippen molar-refractivity contribution in [2.75, 3.05) is 37.9 Å². The van der Waals surface area contributed by atoms with Crippen molar-refractivity contribution in [3.8, 4) is 0 Å². The third-order valence-electron chi connectivity index (χ3n) is 1.20. The lowest BCUT2D eigenvalue weighted by molar-refractivity contribution is -0.142. The Bertz CT molecular complexity index is 176. The number of carboxylic acids is 2. The summed E-state index contributed by atoms with van der Waals surface area (Å²) in [6, 6.07) is 0. The molecule has 0 aromatic heterocycles. The zero-order chi connectivity index (χ0) is 11.5. The van der Waals surface area contributed by atoms with Gasteiger partial charge in [0, 0.05) is 11.5 Å². The highest BCUT2D eigenvalue weighted by Gasteiger charge is 1.97. The van der Waals surface area contributed by atoms with Gasteiger partial charge in [0.05, 0.1) is 13.2 Å². The molecule has 0 saturated carbocycles. The Morgan fingerprint density at radius 1 is 0.933 bits per heavy atom. The van der Waals surface area contributed by atoms with Crippen LogP contribution in [0.15, 0.2) is 0 Å². The number of hydrogen-bond acceptors (Lipinski definition) is 5. The lowest BCUT2D eigenvalue weighted by Crippen LogP contribution is -2.10. The topological polar surface area (TPSA) is 93.1 Å². The Morgan fingerprint density at radius 3 is 1.67 bits per heavy atom. The molecule has 0 spiro atoms. The Hall–Kier alpha value is -0.790. The van der Waals surface area contributed by atoms with Crippen molar-refractivity contribution in [1.82, 2.24) is 0 Å². The molecule has 0 fully saturated rings. The number of rotatable bonds is 10. The molecule has 0 aliphatic rings.